The minimum Gasteiger partial charge on any atom is -0.507 e. The van der Waals surface area contributed by atoms with Crippen LogP contribution in [0.15, 0.2) is 91.6 Å². The van der Waals surface area contributed by atoms with Crippen LogP contribution < -0.4 is 16.2 Å². The summed E-state index contributed by atoms with van der Waals surface area (Å²) < 4.78 is 101. The van der Waals surface area contributed by atoms with Gasteiger partial charge in [0.2, 0.25) is 0 Å². The fourth-order valence-corrected chi connectivity index (χ4v) is 6.61. The predicted molar refractivity (Wildman–Crippen MR) is 175 cm³/mol. The average Bonchev–Trinajstić information content (AvgIpc) is 2.99. The minimum atomic E-state index is -5.17. The van der Waals surface area contributed by atoms with Crippen LogP contribution in [0.1, 0.15) is 10.4 Å². The van der Waals surface area contributed by atoms with E-state index in [9.17, 15) is 59.0 Å². The number of carboxylic acids is 1. The van der Waals surface area contributed by atoms with Gasteiger partial charge in [0.05, 0.1) is 27.6 Å². The van der Waals surface area contributed by atoms with Crippen LogP contribution in [0.5, 0.6) is 11.5 Å². The lowest BCUT2D eigenvalue weighted by Crippen LogP contribution is -2.25. The van der Waals surface area contributed by atoms with Crippen LogP contribution in [0.25, 0.3) is 21.5 Å². The molecule has 0 saturated carbocycles. The fourth-order valence-electron chi connectivity index (χ4n) is 4.82. The van der Waals surface area contributed by atoms with E-state index in [-0.39, 0.29) is 44.2 Å². The maximum atomic E-state index is 12.3. The third kappa shape index (κ3) is 6.87. The summed E-state index contributed by atoms with van der Waals surface area (Å²) in [4.78, 5) is 9.09. The van der Waals surface area contributed by atoms with Gasteiger partial charge < -0.3 is 21.1 Å². The summed E-state index contributed by atoms with van der Waals surface area (Å²) in [5.41, 5.74) is 7.39. The Hall–Kier alpha value is -5.58. The number of azo groups is 1. The van der Waals surface area contributed by atoms with E-state index in [4.69, 9.17) is 5.73 Å². The number of hydrogen-bond donors (Lipinski definition) is 8. The molecule has 0 unspecified atom stereocenters. The number of anilines is 3. The number of phenolic OH excluding ortho intramolecular Hbond substituents is 1. The lowest BCUT2D eigenvalue weighted by molar-refractivity contribution is 0.0693. The SMILES string of the molecule is CN(Nc1ccc(/N=N/c2c(S(=O)(=O)O)cc3cc(S(=O)(=O)O)c(N)cc3c2O)c2cc(S(=O)(=O)O)ccc12)c1ccc(O)c(C(=O)O)c1. The molecule has 9 N–H and O–H groups in total. The van der Waals surface area contributed by atoms with E-state index in [2.05, 4.69) is 15.7 Å². The van der Waals surface area contributed by atoms with Gasteiger partial charge in [0.25, 0.3) is 30.4 Å². The van der Waals surface area contributed by atoms with Crippen molar-refractivity contribution in [1.29, 1.82) is 0 Å². The van der Waals surface area contributed by atoms with Crippen LogP contribution >= 0.6 is 0 Å². The molecule has 0 bridgehead atoms. The summed E-state index contributed by atoms with van der Waals surface area (Å²) in [5, 5.41) is 39.1. The largest absolute Gasteiger partial charge is 0.507 e. The maximum absolute atomic E-state index is 12.3. The van der Waals surface area contributed by atoms with Gasteiger partial charge in [0, 0.05) is 23.2 Å². The highest BCUT2D eigenvalue weighted by Gasteiger charge is 2.25. The van der Waals surface area contributed by atoms with E-state index in [0.717, 1.165) is 30.3 Å². The number of nitrogen functional groups attached to an aromatic ring is 1. The first kappa shape index (κ1) is 34.7. The standard InChI is InChI=1S/C28H23N5O13S3/c1-33(14-2-7-23(34)19(10-14)28(36)37)32-22-6-5-21(18-11-15(47(38,39)40)3-4-16(18)22)30-31-26-25(49(44,45)46)9-13-8-24(48(41,42)43)20(29)12-17(13)27(26)35/h2-12,32,34-35H,29H2,1H3,(H,36,37)(H,38,39,40)(H,41,42,43)(H,44,45,46)/b31-30+. The third-order valence-corrected chi connectivity index (χ3v) is 9.77. The van der Waals surface area contributed by atoms with Gasteiger partial charge in [0.15, 0.2) is 5.75 Å². The van der Waals surface area contributed by atoms with Crippen molar-refractivity contribution in [2.24, 2.45) is 10.2 Å². The highest BCUT2D eigenvalue weighted by atomic mass is 32.2. The van der Waals surface area contributed by atoms with Crippen LogP contribution in [-0.2, 0) is 30.4 Å². The zero-order valence-electron chi connectivity index (χ0n) is 24.5. The Balaban J connectivity index is 1.68. The van der Waals surface area contributed by atoms with Crippen molar-refractivity contribution < 1.29 is 59.0 Å². The van der Waals surface area contributed by atoms with E-state index in [1.807, 2.05) is 0 Å². The van der Waals surface area contributed by atoms with Crippen molar-refractivity contribution in [2.75, 3.05) is 23.2 Å². The highest BCUT2D eigenvalue weighted by molar-refractivity contribution is 7.86. The number of benzene rings is 5. The van der Waals surface area contributed by atoms with E-state index in [1.165, 1.54) is 48.5 Å². The molecule has 0 saturated heterocycles. The molecule has 0 atom stereocenters. The zero-order valence-corrected chi connectivity index (χ0v) is 27.0. The van der Waals surface area contributed by atoms with Crippen molar-refractivity contribution in [3.8, 4) is 11.5 Å². The van der Waals surface area contributed by atoms with Gasteiger partial charge in [-0.25, -0.2) is 4.79 Å². The Morgan fingerprint density at radius 2 is 1.41 bits per heavy atom. The van der Waals surface area contributed by atoms with Crippen LogP contribution in [0.3, 0.4) is 0 Å². The van der Waals surface area contributed by atoms with Crippen molar-refractivity contribution in [2.45, 2.75) is 14.7 Å². The first-order valence-corrected chi connectivity index (χ1v) is 17.6. The van der Waals surface area contributed by atoms with E-state index in [0.29, 0.717) is 0 Å². The summed E-state index contributed by atoms with van der Waals surface area (Å²) in [6.07, 6.45) is 0. The number of nitrogens with one attached hydrogen (secondary N) is 1. The van der Waals surface area contributed by atoms with Gasteiger partial charge >= 0.3 is 5.97 Å². The van der Waals surface area contributed by atoms with Gasteiger partial charge in [-0.3, -0.25) is 24.1 Å². The monoisotopic (exact) mass is 733 g/mol. The van der Waals surface area contributed by atoms with Gasteiger partial charge in [-0.05, 0) is 66.0 Å². The van der Waals surface area contributed by atoms with Gasteiger partial charge in [-0.2, -0.15) is 25.3 Å². The Kier molecular flexibility index (Phi) is 8.61. The molecule has 0 aliphatic heterocycles. The number of fused-ring (bicyclic) bond motifs is 2. The molecule has 49 heavy (non-hydrogen) atoms. The molecular formula is C28H23N5O13S3. The average molecular weight is 734 g/mol. The lowest BCUT2D eigenvalue weighted by Gasteiger charge is -2.23. The van der Waals surface area contributed by atoms with Crippen molar-refractivity contribution >= 4 is 86.3 Å². The first-order chi connectivity index (χ1) is 22.7. The Bertz CT molecular complexity index is 2590. The van der Waals surface area contributed by atoms with Crippen LogP contribution in [-0.4, -0.2) is 67.2 Å². The molecule has 18 nitrogen and oxygen atoms in total. The molecule has 0 aliphatic carbocycles. The molecule has 0 spiro atoms. The maximum Gasteiger partial charge on any atom is 0.339 e. The second-order valence-corrected chi connectivity index (χ2v) is 14.5. The normalized spacial score (nSPS) is 12.5. The number of hydrogen-bond acceptors (Lipinski definition) is 14. The summed E-state index contributed by atoms with van der Waals surface area (Å²) in [7, 11) is -13.3. The quantitative estimate of drug-likeness (QED) is 0.0453. The van der Waals surface area contributed by atoms with Crippen molar-refractivity contribution in [1.82, 2.24) is 0 Å². The highest BCUT2D eigenvalue weighted by Crippen LogP contribution is 2.44. The van der Waals surface area contributed by atoms with Gasteiger partial charge in [-0.1, -0.05) is 6.07 Å². The summed E-state index contributed by atoms with van der Waals surface area (Å²) in [6.45, 7) is 0. The number of carboxylic acid groups (broad SMARTS) is 1. The number of carbonyl (C=O) groups is 1. The molecule has 0 heterocycles. The Labute approximate surface area is 276 Å². The zero-order chi connectivity index (χ0) is 36.2. The fraction of sp³-hybridized carbons (Fsp3) is 0.0357. The number of hydrazine groups is 1. The number of aromatic carboxylic acids is 1. The number of nitrogens with zero attached hydrogens (tertiary/aromatic N) is 3. The summed E-state index contributed by atoms with van der Waals surface area (Å²) in [5.74, 6) is -2.77. The van der Waals surface area contributed by atoms with E-state index < -0.39 is 73.9 Å². The molecule has 0 radical (unpaired) electrons. The molecule has 5 rings (SSSR count). The Morgan fingerprint density at radius 1 is 0.755 bits per heavy atom. The molecule has 5 aromatic carbocycles. The van der Waals surface area contributed by atoms with E-state index >= 15 is 0 Å². The van der Waals surface area contributed by atoms with Crippen LogP contribution in [0.4, 0.5) is 28.4 Å². The second kappa shape index (κ2) is 12.1. The van der Waals surface area contributed by atoms with Crippen LogP contribution in [0.2, 0.25) is 0 Å². The lowest BCUT2D eigenvalue weighted by atomic mass is 10.1. The van der Waals surface area contributed by atoms with Gasteiger partial charge in [-0.15, -0.1) is 10.2 Å². The molecule has 0 aliphatic rings. The smallest absolute Gasteiger partial charge is 0.339 e. The summed E-state index contributed by atoms with van der Waals surface area (Å²) >= 11 is 0. The van der Waals surface area contributed by atoms with Gasteiger partial charge in [0.1, 0.15) is 26.8 Å². The molecular weight excluding hydrogens is 711 g/mol. The predicted octanol–water partition coefficient (Wildman–Crippen LogP) is 4.30. The molecule has 0 aromatic heterocycles. The third-order valence-electron chi connectivity index (χ3n) is 7.14. The summed E-state index contributed by atoms with van der Waals surface area (Å²) in [6, 6.07) is 12.3. The molecule has 21 heteroatoms. The first-order valence-electron chi connectivity index (χ1n) is 13.2. The number of phenols is 2. The topological polar surface area (TPSA) is 307 Å². The molecule has 0 fully saturated rings. The van der Waals surface area contributed by atoms with Crippen molar-refractivity contribution in [3.05, 3.63) is 72.3 Å². The van der Waals surface area contributed by atoms with Crippen molar-refractivity contribution in [3.63, 3.8) is 0 Å². The number of rotatable bonds is 9. The second-order valence-electron chi connectivity index (χ2n) is 10.3. The minimum absolute atomic E-state index is 0.00456. The van der Waals surface area contributed by atoms with E-state index in [1.54, 1.807) is 0 Å². The number of nitrogens with two attached hydrogens (primary N) is 1. The Morgan fingerprint density at radius 3 is 2.02 bits per heavy atom. The number of aromatic hydroxyl groups is 2. The molecule has 256 valence electrons. The van der Waals surface area contributed by atoms with Crippen LogP contribution in [0, 0.1) is 0 Å². The molecule has 0 amide bonds. The molecule has 5 aromatic rings.